The normalized spacial score (nSPS) is 26.9. The van der Waals surface area contributed by atoms with E-state index in [1.807, 2.05) is 0 Å². The third-order valence-corrected chi connectivity index (χ3v) is 5.49. The lowest BCUT2D eigenvalue weighted by Gasteiger charge is -2.33. The second-order valence-corrected chi connectivity index (χ2v) is 6.17. The van der Waals surface area contributed by atoms with Crippen LogP contribution in [0.25, 0.3) is 0 Å². The van der Waals surface area contributed by atoms with Gasteiger partial charge in [0.05, 0.1) is 5.69 Å². The molecule has 1 aromatic rings. The predicted molar refractivity (Wildman–Crippen MR) is 70.7 cm³/mol. The van der Waals surface area contributed by atoms with Gasteiger partial charge in [-0.25, -0.2) is 4.98 Å². The molecule has 0 saturated carbocycles. The number of ether oxygens (including phenoxy) is 2. The Hall–Kier alpha value is -0.490. The first-order valence-corrected chi connectivity index (χ1v) is 7.45. The molecule has 2 aliphatic rings. The average molecular weight is 268 g/mol. The lowest BCUT2D eigenvalue weighted by Crippen LogP contribution is -2.35. The maximum absolute atomic E-state index is 6.18. The zero-order valence-corrected chi connectivity index (χ0v) is 11.6. The summed E-state index contributed by atoms with van der Waals surface area (Å²) in [6, 6.07) is 0.175. The Morgan fingerprint density at radius 1 is 1.44 bits per heavy atom. The number of nitrogens with two attached hydrogens (primary N) is 1. The maximum atomic E-state index is 6.18. The van der Waals surface area contributed by atoms with E-state index in [0.717, 1.165) is 50.3 Å². The quantitative estimate of drug-likeness (QED) is 0.892. The molecule has 5 heteroatoms. The van der Waals surface area contributed by atoms with Gasteiger partial charge >= 0.3 is 0 Å². The van der Waals surface area contributed by atoms with Crippen molar-refractivity contribution >= 4 is 11.3 Å². The van der Waals surface area contributed by atoms with E-state index in [4.69, 9.17) is 20.2 Å². The van der Waals surface area contributed by atoms with E-state index in [-0.39, 0.29) is 11.6 Å². The van der Waals surface area contributed by atoms with Gasteiger partial charge in [0.25, 0.3) is 0 Å². The highest BCUT2D eigenvalue weighted by Crippen LogP contribution is 2.42. The molecule has 3 rings (SSSR count). The van der Waals surface area contributed by atoms with Gasteiger partial charge in [0, 0.05) is 44.1 Å². The average Bonchev–Trinajstić information content (AvgIpc) is 2.85. The second kappa shape index (κ2) is 4.89. The summed E-state index contributed by atoms with van der Waals surface area (Å²) in [7, 11) is 1.78. The number of hydrogen-bond acceptors (Lipinski definition) is 5. The zero-order valence-electron chi connectivity index (χ0n) is 10.8. The molecule has 1 atom stereocenters. The Morgan fingerprint density at radius 3 is 2.89 bits per heavy atom. The van der Waals surface area contributed by atoms with Crippen molar-refractivity contribution in [2.75, 3.05) is 20.3 Å². The van der Waals surface area contributed by atoms with Gasteiger partial charge in [0.1, 0.15) is 10.6 Å². The van der Waals surface area contributed by atoms with Crippen molar-refractivity contribution in [2.45, 2.75) is 43.7 Å². The van der Waals surface area contributed by atoms with E-state index in [1.165, 1.54) is 10.6 Å². The first-order valence-electron chi connectivity index (χ1n) is 6.64. The molecular weight excluding hydrogens is 248 g/mol. The van der Waals surface area contributed by atoms with E-state index in [0.29, 0.717) is 0 Å². The zero-order chi connectivity index (χ0) is 12.6. The number of fused-ring (bicyclic) bond motifs is 1. The Bertz CT molecular complexity index is 427. The molecule has 0 amide bonds. The van der Waals surface area contributed by atoms with Crippen molar-refractivity contribution in [2.24, 2.45) is 5.73 Å². The van der Waals surface area contributed by atoms with Crippen LogP contribution in [0.1, 0.15) is 47.3 Å². The van der Waals surface area contributed by atoms with E-state index >= 15 is 0 Å². The van der Waals surface area contributed by atoms with Crippen LogP contribution in [0.15, 0.2) is 0 Å². The number of rotatable bonds is 2. The summed E-state index contributed by atoms with van der Waals surface area (Å²) >= 11 is 1.76. The van der Waals surface area contributed by atoms with Gasteiger partial charge < -0.3 is 15.2 Å². The van der Waals surface area contributed by atoms with Crippen LogP contribution in [-0.4, -0.2) is 25.3 Å². The summed E-state index contributed by atoms with van der Waals surface area (Å²) in [6.07, 6.45) is 5.09. The monoisotopic (exact) mass is 268 g/mol. The molecule has 18 heavy (non-hydrogen) atoms. The number of hydrogen-bond donors (Lipinski definition) is 1. The molecule has 0 radical (unpaired) electrons. The summed E-state index contributed by atoms with van der Waals surface area (Å²) < 4.78 is 11.2. The van der Waals surface area contributed by atoms with Crippen LogP contribution in [0.5, 0.6) is 0 Å². The van der Waals surface area contributed by atoms with Crippen LogP contribution in [0, 0.1) is 0 Å². The molecule has 2 heterocycles. The standard InChI is InChI=1S/C13H20N2O2S/c1-16-13(5-7-17-8-6-13)12-15-10-4-2-3-9(14)11(10)18-12/h9H,2-8,14H2,1H3. The third-order valence-electron chi connectivity index (χ3n) is 4.07. The molecule has 2 N–H and O–H groups in total. The number of thiazole rings is 1. The van der Waals surface area contributed by atoms with Crippen LogP contribution in [0.2, 0.25) is 0 Å². The molecule has 0 spiro atoms. The lowest BCUT2D eigenvalue weighted by atomic mass is 9.94. The smallest absolute Gasteiger partial charge is 0.125 e. The van der Waals surface area contributed by atoms with Crippen molar-refractivity contribution in [1.29, 1.82) is 0 Å². The summed E-state index contributed by atoms with van der Waals surface area (Å²) in [6.45, 7) is 1.51. The van der Waals surface area contributed by atoms with Gasteiger partial charge in [-0.2, -0.15) is 0 Å². The van der Waals surface area contributed by atoms with Crippen LogP contribution in [0.3, 0.4) is 0 Å². The van der Waals surface area contributed by atoms with Gasteiger partial charge in [-0.3, -0.25) is 0 Å². The second-order valence-electron chi connectivity index (χ2n) is 5.14. The van der Waals surface area contributed by atoms with Crippen molar-refractivity contribution in [3.05, 3.63) is 15.6 Å². The molecule has 1 unspecified atom stereocenters. The topological polar surface area (TPSA) is 57.4 Å². The lowest BCUT2D eigenvalue weighted by molar-refractivity contribution is -0.0948. The summed E-state index contributed by atoms with van der Waals surface area (Å²) in [5, 5.41) is 1.11. The van der Waals surface area contributed by atoms with Crippen LogP contribution >= 0.6 is 11.3 Å². The van der Waals surface area contributed by atoms with Gasteiger partial charge in [-0.15, -0.1) is 11.3 Å². The number of nitrogens with zero attached hydrogens (tertiary/aromatic N) is 1. The maximum Gasteiger partial charge on any atom is 0.125 e. The Kier molecular flexibility index (Phi) is 3.40. The van der Waals surface area contributed by atoms with Gasteiger partial charge in [0.15, 0.2) is 0 Å². The van der Waals surface area contributed by atoms with Gasteiger partial charge in [-0.1, -0.05) is 0 Å². The summed E-state index contributed by atoms with van der Waals surface area (Å²) in [5.74, 6) is 0. The highest BCUT2D eigenvalue weighted by Gasteiger charge is 2.39. The number of methoxy groups -OCH3 is 1. The third kappa shape index (κ3) is 1.99. The first-order chi connectivity index (χ1) is 8.75. The van der Waals surface area contributed by atoms with Crippen LogP contribution in [0.4, 0.5) is 0 Å². The minimum Gasteiger partial charge on any atom is -0.381 e. The van der Waals surface area contributed by atoms with Gasteiger partial charge in [-0.05, 0) is 19.3 Å². The molecule has 4 nitrogen and oxygen atoms in total. The molecule has 1 aliphatic heterocycles. The Balaban J connectivity index is 1.95. The molecule has 0 bridgehead atoms. The van der Waals surface area contributed by atoms with Crippen molar-refractivity contribution in [1.82, 2.24) is 4.98 Å². The molecule has 0 aromatic carbocycles. The van der Waals surface area contributed by atoms with Crippen molar-refractivity contribution in [3.63, 3.8) is 0 Å². The molecule has 1 aromatic heterocycles. The Labute approximate surface area is 111 Å². The molecular formula is C13H20N2O2S. The highest BCUT2D eigenvalue weighted by molar-refractivity contribution is 7.12. The van der Waals surface area contributed by atoms with E-state index < -0.39 is 0 Å². The van der Waals surface area contributed by atoms with E-state index in [2.05, 4.69) is 0 Å². The highest BCUT2D eigenvalue weighted by atomic mass is 32.1. The number of aromatic nitrogens is 1. The van der Waals surface area contributed by atoms with Crippen molar-refractivity contribution < 1.29 is 9.47 Å². The minimum absolute atomic E-state index is 0.175. The fourth-order valence-corrected chi connectivity index (χ4v) is 4.23. The molecule has 1 saturated heterocycles. The summed E-state index contributed by atoms with van der Waals surface area (Å²) in [5.41, 5.74) is 7.15. The molecule has 1 aliphatic carbocycles. The van der Waals surface area contributed by atoms with Gasteiger partial charge in [0.2, 0.25) is 0 Å². The van der Waals surface area contributed by atoms with Crippen LogP contribution in [-0.2, 0) is 21.5 Å². The SMILES string of the molecule is COC1(c2nc3c(s2)C(N)CCC3)CCOCC1. The predicted octanol–water partition coefficient (Wildman–Crippen LogP) is 2.13. The molecule has 1 fully saturated rings. The largest absolute Gasteiger partial charge is 0.381 e. The van der Waals surface area contributed by atoms with Crippen molar-refractivity contribution in [3.8, 4) is 0 Å². The first kappa shape index (κ1) is 12.5. The van der Waals surface area contributed by atoms with E-state index in [9.17, 15) is 0 Å². The van der Waals surface area contributed by atoms with Crippen LogP contribution < -0.4 is 5.73 Å². The fraction of sp³-hybridized carbons (Fsp3) is 0.769. The fourth-order valence-electron chi connectivity index (χ4n) is 2.85. The summed E-state index contributed by atoms with van der Waals surface area (Å²) in [4.78, 5) is 6.10. The van der Waals surface area contributed by atoms with E-state index in [1.54, 1.807) is 18.4 Å². The minimum atomic E-state index is -0.236. The number of aryl methyl sites for hydroxylation is 1. The Morgan fingerprint density at radius 2 is 2.22 bits per heavy atom. The molecule has 100 valence electrons.